The van der Waals surface area contributed by atoms with Crippen LogP contribution in [0.25, 0.3) is 11.0 Å². The van der Waals surface area contributed by atoms with Gasteiger partial charge in [-0.05, 0) is 25.3 Å². The van der Waals surface area contributed by atoms with Gasteiger partial charge in [-0.1, -0.05) is 0 Å². The van der Waals surface area contributed by atoms with Crippen LogP contribution in [0.5, 0.6) is 0 Å². The van der Waals surface area contributed by atoms with Crippen LogP contribution in [0.3, 0.4) is 0 Å². The Kier molecular flexibility index (Phi) is 8.11. The fraction of sp³-hybridized carbons (Fsp3) is 0.444. The van der Waals surface area contributed by atoms with Gasteiger partial charge in [0.05, 0.1) is 11.8 Å². The predicted molar refractivity (Wildman–Crippen MR) is 108 cm³/mol. The molecule has 0 spiro atoms. The molecule has 13 heteroatoms. The van der Waals surface area contributed by atoms with E-state index in [2.05, 4.69) is 25.6 Å². The lowest BCUT2D eigenvalue weighted by atomic mass is 10.1. The number of hydrogen-bond acceptors (Lipinski definition) is 7. The molecule has 2 rings (SSSR count). The maximum Gasteiger partial charge on any atom is 0.326 e. The van der Waals surface area contributed by atoms with Crippen molar-refractivity contribution in [2.24, 2.45) is 0 Å². The van der Waals surface area contributed by atoms with Gasteiger partial charge in [0.1, 0.15) is 11.7 Å². The van der Waals surface area contributed by atoms with Gasteiger partial charge in [0, 0.05) is 25.1 Å². The number of carboxylic acids is 2. The molecule has 8 N–H and O–H groups in total. The van der Waals surface area contributed by atoms with E-state index in [9.17, 15) is 24.0 Å². The van der Waals surface area contributed by atoms with Crippen LogP contribution in [-0.2, 0) is 25.6 Å². The molecule has 0 saturated carbocycles. The van der Waals surface area contributed by atoms with Crippen LogP contribution in [-0.4, -0.2) is 61.5 Å². The van der Waals surface area contributed by atoms with Crippen LogP contribution < -0.4 is 21.9 Å². The number of aromatic nitrogens is 3. The standard InChI is InChI=1S/C18H24N6O7/c19-18-23-15-10(16(29)24-18)7-9(21-15)8-13(26)20-6-2-1-3-12(25)22-11(17(30)31)4-5-14(27)28/h7,11H,1-6,8H2,(H,20,26)(H,22,25)(H,27,28)(H,30,31)(H4,19,21,23,24,29)/t11-/m0/s1. The summed E-state index contributed by atoms with van der Waals surface area (Å²) in [6, 6.07) is 0.269. The lowest BCUT2D eigenvalue weighted by molar-refractivity contribution is -0.143. The van der Waals surface area contributed by atoms with Crippen LogP contribution in [0.4, 0.5) is 5.95 Å². The van der Waals surface area contributed by atoms with Crippen molar-refractivity contribution in [1.29, 1.82) is 0 Å². The Morgan fingerprint density at radius 1 is 1.10 bits per heavy atom. The molecule has 2 amide bonds. The quantitative estimate of drug-likeness (QED) is 0.204. The van der Waals surface area contributed by atoms with Crippen molar-refractivity contribution in [3.8, 4) is 0 Å². The summed E-state index contributed by atoms with van der Waals surface area (Å²) < 4.78 is 0. The molecule has 0 bridgehead atoms. The number of amides is 2. The van der Waals surface area contributed by atoms with Crippen molar-refractivity contribution in [3.63, 3.8) is 0 Å². The number of carbonyl (C=O) groups is 4. The molecule has 0 radical (unpaired) electrons. The number of aromatic amines is 2. The summed E-state index contributed by atoms with van der Waals surface area (Å²) in [5.41, 5.74) is 5.85. The molecule has 31 heavy (non-hydrogen) atoms. The van der Waals surface area contributed by atoms with Gasteiger partial charge in [-0.3, -0.25) is 24.2 Å². The summed E-state index contributed by atoms with van der Waals surface area (Å²) in [7, 11) is 0. The highest BCUT2D eigenvalue weighted by atomic mass is 16.4. The van der Waals surface area contributed by atoms with E-state index < -0.39 is 29.4 Å². The number of hydrogen-bond donors (Lipinski definition) is 7. The first-order valence-corrected chi connectivity index (χ1v) is 9.53. The van der Waals surface area contributed by atoms with Crippen molar-refractivity contribution >= 4 is 40.7 Å². The fourth-order valence-electron chi connectivity index (χ4n) is 2.85. The second kappa shape index (κ2) is 10.8. The van der Waals surface area contributed by atoms with E-state index in [4.69, 9.17) is 15.9 Å². The summed E-state index contributed by atoms with van der Waals surface area (Å²) in [5, 5.41) is 22.9. The first kappa shape index (κ1) is 23.4. The Morgan fingerprint density at radius 3 is 2.52 bits per heavy atom. The van der Waals surface area contributed by atoms with Crippen molar-refractivity contribution in [1.82, 2.24) is 25.6 Å². The number of anilines is 1. The Morgan fingerprint density at radius 2 is 1.84 bits per heavy atom. The second-order valence-electron chi connectivity index (χ2n) is 6.88. The number of nitrogens with one attached hydrogen (secondary N) is 4. The molecular weight excluding hydrogens is 412 g/mol. The van der Waals surface area contributed by atoms with Gasteiger partial charge in [0.15, 0.2) is 0 Å². The minimum atomic E-state index is -1.29. The van der Waals surface area contributed by atoms with E-state index in [-0.39, 0.29) is 43.2 Å². The summed E-state index contributed by atoms with van der Waals surface area (Å²) in [5.74, 6) is -3.26. The predicted octanol–water partition coefficient (Wildman–Crippen LogP) is -0.903. The van der Waals surface area contributed by atoms with Crippen LogP contribution >= 0.6 is 0 Å². The molecule has 0 unspecified atom stereocenters. The van der Waals surface area contributed by atoms with Crippen LogP contribution in [0, 0.1) is 0 Å². The van der Waals surface area contributed by atoms with E-state index in [1.54, 1.807) is 0 Å². The van der Waals surface area contributed by atoms with E-state index >= 15 is 0 Å². The fourth-order valence-corrected chi connectivity index (χ4v) is 2.85. The smallest absolute Gasteiger partial charge is 0.326 e. The normalized spacial score (nSPS) is 11.7. The lowest BCUT2D eigenvalue weighted by Gasteiger charge is -2.13. The summed E-state index contributed by atoms with van der Waals surface area (Å²) in [6.45, 7) is 0.305. The first-order chi connectivity index (χ1) is 14.7. The second-order valence-corrected chi connectivity index (χ2v) is 6.88. The first-order valence-electron chi connectivity index (χ1n) is 9.53. The molecule has 13 nitrogen and oxygen atoms in total. The van der Waals surface area contributed by atoms with E-state index in [0.717, 1.165) is 0 Å². The third-order valence-corrected chi connectivity index (χ3v) is 4.36. The number of carbonyl (C=O) groups excluding carboxylic acids is 2. The summed E-state index contributed by atoms with van der Waals surface area (Å²) in [6.07, 6.45) is 0.370. The summed E-state index contributed by atoms with van der Waals surface area (Å²) >= 11 is 0. The Hall–Kier alpha value is -3.90. The maximum absolute atomic E-state index is 12.0. The van der Waals surface area contributed by atoms with Crippen molar-refractivity contribution < 1.29 is 29.4 Å². The molecule has 1 atom stereocenters. The number of carboxylic acid groups (broad SMARTS) is 2. The van der Waals surface area contributed by atoms with E-state index in [0.29, 0.717) is 30.5 Å². The molecule has 0 saturated heterocycles. The number of aliphatic carboxylic acids is 2. The number of nitrogens with zero attached hydrogens (tertiary/aromatic N) is 1. The number of nitrogen functional groups attached to an aromatic ring is 1. The largest absolute Gasteiger partial charge is 0.481 e. The lowest BCUT2D eigenvalue weighted by Crippen LogP contribution is -2.41. The molecule has 2 aromatic heterocycles. The molecular formula is C18H24N6O7. The molecule has 168 valence electrons. The van der Waals surface area contributed by atoms with E-state index in [1.165, 1.54) is 6.07 Å². The minimum Gasteiger partial charge on any atom is -0.481 e. The Labute approximate surface area is 175 Å². The number of fused-ring (bicyclic) bond motifs is 1. The monoisotopic (exact) mass is 436 g/mol. The van der Waals surface area contributed by atoms with Crippen LogP contribution in [0.15, 0.2) is 10.9 Å². The Balaban J connectivity index is 1.69. The number of rotatable bonds is 12. The molecule has 0 aliphatic heterocycles. The van der Waals surface area contributed by atoms with Crippen molar-refractivity contribution in [3.05, 3.63) is 22.1 Å². The van der Waals surface area contributed by atoms with Crippen LogP contribution in [0.1, 0.15) is 37.8 Å². The number of nitrogens with two attached hydrogens (primary N) is 1. The van der Waals surface area contributed by atoms with Crippen LogP contribution in [0.2, 0.25) is 0 Å². The molecule has 2 heterocycles. The molecule has 0 aliphatic carbocycles. The molecule has 0 fully saturated rings. The van der Waals surface area contributed by atoms with Gasteiger partial charge in [-0.25, -0.2) is 4.79 Å². The average Bonchev–Trinajstić information content (AvgIpc) is 3.06. The highest BCUT2D eigenvalue weighted by Crippen LogP contribution is 2.10. The molecule has 0 aliphatic rings. The zero-order valence-electron chi connectivity index (χ0n) is 16.6. The van der Waals surface area contributed by atoms with Gasteiger partial charge < -0.3 is 31.6 Å². The minimum absolute atomic E-state index is 0.0000593. The third kappa shape index (κ3) is 7.45. The van der Waals surface area contributed by atoms with Crippen molar-refractivity contribution in [2.75, 3.05) is 12.3 Å². The number of unbranched alkanes of at least 4 members (excludes halogenated alkanes) is 1. The molecule has 2 aromatic rings. The van der Waals surface area contributed by atoms with E-state index in [1.807, 2.05) is 0 Å². The molecule has 0 aromatic carbocycles. The van der Waals surface area contributed by atoms with Gasteiger partial charge in [-0.15, -0.1) is 0 Å². The summed E-state index contributed by atoms with van der Waals surface area (Å²) in [4.78, 5) is 66.4. The topological polar surface area (TPSA) is 220 Å². The van der Waals surface area contributed by atoms with Gasteiger partial charge in [0.2, 0.25) is 17.8 Å². The zero-order chi connectivity index (χ0) is 23.0. The zero-order valence-corrected chi connectivity index (χ0v) is 16.6. The Bertz CT molecular complexity index is 1030. The average molecular weight is 436 g/mol. The van der Waals surface area contributed by atoms with Gasteiger partial charge in [0.25, 0.3) is 5.56 Å². The highest BCUT2D eigenvalue weighted by Gasteiger charge is 2.20. The van der Waals surface area contributed by atoms with Gasteiger partial charge in [-0.2, -0.15) is 4.98 Å². The van der Waals surface area contributed by atoms with Gasteiger partial charge >= 0.3 is 11.9 Å². The number of H-pyrrole nitrogens is 2. The highest BCUT2D eigenvalue weighted by molar-refractivity contribution is 5.84. The third-order valence-electron chi connectivity index (χ3n) is 4.36. The van der Waals surface area contributed by atoms with Crippen molar-refractivity contribution in [2.45, 2.75) is 44.6 Å². The SMILES string of the molecule is Nc1nc2[nH]c(CC(=O)NCCCCC(=O)N[C@@H](CCC(=O)O)C(=O)O)cc2c(=O)[nH]1. The maximum atomic E-state index is 12.0.